The highest BCUT2D eigenvalue weighted by Crippen LogP contribution is 2.27. The number of halogens is 3. The largest absolute Gasteiger partial charge is 0.410 e. The third kappa shape index (κ3) is 3.71. The number of hydrogen-bond acceptors (Lipinski definition) is 3. The number of nitrogens with one attached hydrogen (secondary N) is 1. The van der Waals surface area contributed by atoms with E-state index in [4.69, 9.17) is 34.8 Å². The second-order valence-electron chi connectivity index (χ2n) is 4.30. The second-order valence-corrected chi connectivity index (χ2v) is 5.41. The van der Waals surface area contributed by atoms with Gasteiger partial charge in [-0.3, -0.25) is 4.79 Å². The van der Waals surface area contributed by atoms with Crippen LogP contribution in [0.25, 0.3) is 0 Å². The topological polar surface area (TPSA) is 61.7 Å². The van der Waals surface area contributed by atoms with Gasteiger partial charge in [-0.25, -0.2) is 0 Å². The van der Waals surface area contributed by atoms with Crippen LogP contribution in [0.5, 0.6) is 0 Å². The molecule has 4 nitrogen and oxygen atoms in total. The third-order valence-electron chi connectivity index (χ3n) is 2.86. The molecule has 0 saturated heterocycles. The fourth-order valence-corrected chi connectivity index (χ4v) is 2.38. The van der Waals surface area contributed by atoms with Crippen LogP contribution < -0.4 is 5.32 Å². The number of amides is 1. The Morgan fingerprint density at radius 1 is 1.14 bits per heavy atom. The number of hydrogen-bond donors (Lipinski definition) is 2. The van der Waals surface area contributed by atoms with E-state index in [9.17, 15) is 10.0 Å². The van der Waals surface area contributed by atoms with Gasteiger partial charge >= 0.3 is 0 Å². The first-order valence-corrected chi connectivity index (χ1v) is 7.48. The van der Waals surface area contributed by atoms with Crippen LogP contribution in [0.4, 0.5) is 5.69 Å². The molecular weight excluding hydrogens is 347 g/mol. The summed E-state index contributed by atoms with van der Waals surface area (Å²) in [5.74, 6) is -0.582. The van der Waals surface area contributed by atoms with E-state index in [1.807, 2.05) is 0 Å². The zero-order valence-electron chi connectivity index (χ0n) is 11.2. The maximum Gasteiger partial charge on any atom is 0.239 e. The molecule has 0 aliphatic rings. The van der Waals surface area contributed by atoms with Crippen LogP contribution in [0, 0.1) is 0 Å². The van der Waals surface area contributed by atoms with Gasteiger partial charge in [0.2, 0.25) is 5.91 Å². The van der Waals surface area contributed by atoms with Gasteiger partial charge in [-0.2, -0.15) is 0 Å². The Morgan fingerprint density at radius 3 is 2.50 bits per heavy atom. The highest BCUT2D eigenvalue weighted by Gasteiger charge is 2.17. The molecule has 22 heavy (non-hydrogen) atoms. The molecule has 0 aliphatic carbocycles. The molecule has 0 atom stereocenters. The van der Waals surface area contributed by atoms with Gasteiger partial charge in [-0.1, -0.05) is 46.6 Å². The number of rotatable bonds is 4. The minimum absolute atomic E-state index is 0.193. The molecule has 0 unspecified atom stereocenters. The van der Waals surface area contributed by atoms with Crippen molar-refractivity contribution >= 4 is 52.1 Å². The minimum Gasteiger partial charge on any atom is -0.410 e. The van der Waals surface area contributed by atoms with E-state index in [2.05, 4.69) is 10.5 Å². The van der Waals surface area contributed by atoms with E-state index >= 15 is 0 Å². The van der Waals surface area contributed by atoms with E-state index < -0.39 is 0 Å². The Hall–Kier alpha value is -1.75. The van der Waals surface area contributed by atoms with E-state index in [1.165, 1.54) is 0 Å². The standard InChI is InChI=1S/C15H11Cl3N2O2/c16-8-14(21)19-13-6-5-9(17)7-11(13)15(20-22)10-3-1-2-4-12(10)18/h1-7,22H,8H2,(H,19,21)/b20-15-. The molecule has 0 fully saturated rings. The Balaban J connectivity index is 2.56. The lowest BCUT2D eigenvalue weighted by atomic mass is 10.0. The number of anilines is 1. The number of oxime groups is 1. The van der Waals surface area contributed by atoms with Crippen molar-refractivity contribution in [3.63, 3.8) is 0 Å². The lowest BCUT2D eigenvalue weighted by molar-refractivity contribution is -0.113. The van der Waals surface area contributed by atoms with Crippen LogP contribution in [0.15, 0.2) is 47.6 Å². The summed E-state index contributed by atoms with van der Waals surface area (Å²) in [6.07, 6.45) is 0. The number of alkyl halides is 1. The lowest BCUT2D eigenvalue weighted by Gasteiger charge is -2.13. The summed E-state index contributed by atoms with van der Waals surface area (Å²) < 4.78 is 0. The first-order chi connectivity index (χ1) is 10.6. The van der Waals surface area contributed by atoms with Gasteiger partial charge in [0.1, 0.15) is 11.6 Å². The maximum atomic E-state index is 11.5. The molecule has 2 aromatic carbocycles. The summed E-state index contributed by atoms with van der Waals surface area (Å²) >= 11 is 17.6. The van der Waals surface area contributed by atoms with Crippen molar-refractivity contribution in [3.05, 3.63) is 63.6 Å². The fourth-order valence-electron chi connectivity index (χ4n) is 1.91. The van der Waals surface area contributed by atoms with Gasteiger partial charge in [0.05, 0.1) is 10.7 Å². The molecular formula is C15H11Cl3N2O2. The average Bonchev–Trinajstić information content (AvgIpc) is 2.52. The molecule has 0 aliphatic heterocycles. The Morgan fingerprint density at radius 2 is 1.86 bits per heavy atom. The van der Waals surface area contributed by atoms with Crippen molar-refractivity contribution in [2.45, 2.75) is 0 Å². The first-order valence-electron chi connectivity index (χ1n) is 6.19. The molecule has 0 heterocycles. The molecule has 0 radical (unpaired) electrons. The van der Waals surface area contributed by atoms with Crippen molar-refractivity contribution in [1.29, 1.82) is 0 Å². The summed E-state index contributed by atoms with van der Waals surface area (Å²) in [5.41, 5.74) is 1.55. The predicted octanol–water partition coefficient (Wildman–Crippen LogP) is 4.40. The molecule has 7 heteroatoms. The van der Waals surface area contributed by atoms with Crippen LogP contribution in [0.1, 0.15) is 11.1 Å². The fraction of sp³-hybridized carbons (Fsp3) is 0.0667. The van der Waals surface area contributed by atoms with Crippen molar-refractivity contribution in [2.75, 3.05) is 11.2 Å². The monoisotopic (exact) mass is 356 g/mol. The van der Waals surface area contributed by atoms with Gasteiger partial charge in [0, 0.05) is 16.1 Å². The zero-order valence-corrected chi connectivity index (χ0v) is 13.5. The normalized spacial score (nSPS) is 11.3. The molecule has 0 aromatic heterocycles. The van der Waals surface area contributed by atoms with Crippen molar-refractivity contribution in [3.8, 4) is 0 Å². The number of benzene rings is 2. The van der Waals surface area contributed by atoms with Gasteiger partial charge in [0.25, 0.3) is 0 Å². The summed E-state index contributed by atoms with van der Waals surface area (Å²) in [6, 6.07) is 11.7. The van der Waals surface area contributed by atoms with E-state index in [0.29, 0.717) is 26.9 Å². The van der Waals surface area contributed by atoms with Gasteiger partial charge in [-0.15, -0.1) is 11.6 Å². The number of carbonyl (C=O) groups excluding carboxylic acids is 1. The Labute approximate surface area is 142 Å². The smallest absolute Gasteiger partial charge is 0.239 e. The number of carbonyl (C=O) groups is 1. The SMILES string of the molecule is O=C(CCl)Nc1ccc(Cl)cc1/C(=N\O)c1ccccc1Cl. The van der Waals surface area contributed by atoms with Crippen molar-refractivity contribution in [2.24, 2.45) is 5.16 Å². The maximum absolute atomic E-state index is 11.5. The van der Waals surface area contributed by atoms with Crippen LogP contribution in [-0.2, 0) is 4.79 Å². The number of nitrogens with zero attached hydrogens (tertiary/aromatic N) is 1. The van der Waals surface area contributed by atoms with E-state index in [1.54, 1.807) is 42.5 Å². The van der Waals surface area contributed by atoms with Crippen LogP contribution in [0.3, 0.4) is 0 Å². The van der Waals surface area contributed by atoms with Gasteiger partial charge in [-0.05, 0) is 24.3 Å². The molecule has 1 amide bonds. The van der Waals surface area contributed by atoms with E-state index in [0.717, 1.165) is 0 Å². The second kappa shape index (κ2) is 7.49. The lowest BCUT2D eigenvalue weighted by Crippen LogP contribution is -2.16. The van der Waals surface area contributed by atoms with Crippen LogP contribution in [0.2, 0.25) is 10.0 Å². The van der Waals surface area contributed by atoms with E-state index in [-0.39, 0.29) is 17.5 Å². The highest BCUT2D eigenvalue weighted by atomic mass is 35.5. The summed E-state index contributed by atoms with van der Waals surface area (Å²) in [4.78, 5) is 11.5. The molecule has 0 saturated carbocycles. The molecule has 2 aromatic rings. The predicted molar refractivity (Wildman–Crippen MR) is 89.7 cm³/mol. The van der Waals surface area contributed by atoms with Crippen molar-refractivity contribution in [1.82, 2.24) is 0 Å². The third-order valence-corrected chi connectivity index (χ3v) is 3.67. The molecule has 2 rings (SSSR count). The van der Waals surface area contributed by atoms with Gasteiger partial charge in [0.15, 0.2) is 0 Å². The highest BCUT2D eigenvalue weighted by molar-refractivity contribution is 6.36. The quantitative estimate of drug-likeness (QED) is 0.369. The minimum atomic E-state index is -0.387. The summed E-state index contributed by atoms with van der Waals surface area (Å²) in [7, 11) is 0. The summed E-state index contributed by atoms with van der Waals surface area (Å²) in [6.45, 7) is 0. The molecule has 0 spiro atoms. The van der Waals surface area contributed by atoms with Gasteiger partial charge < -0.3 is 10.5 Å². The molecule has 114 valence electrons. The molecule has 2 N–H and O–H groups in total. The summed E-state index contributed by atoms with van der Waals surface area (Å²) in [5, 5.41) is 16.2. The van der Waals surface area contributed by atoms with Crippen molar-refractivity contribution < 1.29 is 10.0 Å². The zero-order chi connectivity index (χ0) is 16.1. The average molecular weight is 358 g/mol. The van der Waals surface area contributed by atoms with Crippen LogP contribution in [-0.4, -0.2) is 22.7 Å². The first kappa shape index (κ1) is 16.6. The Bertz CT molecular complexity index is 732. The Kier molecular flexibility index (Phi) is 5.66. The molecule has 0 bridgehead atoms. The van der Waals surface area contributed by atoms with Crippen LogP contribution >= 0.6 is 34.8 Å².